The highest BCUT2D eigenvalue weighted by molar-refractivity contribution is 7.10. The molecule has 0 saturated carbocycles. The van der Waals surface area contributed by atoms with Gasteiger partial charge in [-0.15, -0.1) is 11.3 Å². The highest BCUT2D eigenvalue weighted by Gasteiger charge is 2.38. The van der Waals surface area contributed by atoms with Crippen molar-refractivity contribution >= 4 is 28.6 Å². The van der Waals surface area contributed by atoms with Crippen LogP contribution in [0.15, 0.2) is 66.4 Å². The van der Waals surface area contributed by atoms with Crippen molar-refractivity contribution < 1.29 is 9.13 Å². The molecule has 2 aromatic carbocycles. The largest absolute Gasteiger partial charge is 0.483 e. The van der Waals surface area contributed by atoms with E-state index in [1.165, 1.54) is 6.07 Å². The second-order valence-corrected chi connectivity index (χ2v) is 7.47. The third-order valence-corrected chi connectivity index (χ3v) is 6.00. The zero-order chi connectivity index (χ0) is 18.1. The van der Waals surface area contributed by atoms with Gasteiger partial charge in [0, 0.05) is 17.5 Å². The number of halogens is 2. The fourth-order valence-corrected chi connectivity index (χ4v) is 4.48. The van der Waals surface area contributed by atoms with Gasteiger partial charge >= 0.3 is 0 Å². The number of hydrogen-bond acceptors (Lipinski definition) is 3. The molecule has 2 nitrogen and oxygen atoms in total. The SMILES string of the molecule is CCC1(c2cccs2)OC=CNc2ccc(-c3ccc(F)c(Cl)c3)cc21. The molecule has 26 heavy (non-hydrogen) atoms. The average molecular weight is 386 g/mol. The summed E-state index contributed by atoms with van der Waals surface area (Å²) in [5, 5.41) is 5.46. The maximum atomic E-state index is 13.5. The van der Waals surface area contributed by atoms with Crippen molar-refractivity contribution in [3.63, 3.8) is 0 Å². The van der Waals surface area contributed by atoms with Crippen LogP contribution in [0.1, 0.15) is 23.8 Å². The van der Waals surface area contributed by atoms with Crippen molar-refractivity contribution in [2.45, 2.75) is 18.9 Å². The van der Waals surface area contributed by atoms with Gasteiger partial charge in [-0.25, -0.2) is 4.39 Å². The zero-order valence-corrected chi connectivity index (χ0v) is 15.7. The Kier molecular flexibility index (Phi) is 4.47. The molecule has 0 bridgehead atoms. The van der Waals surface area contributed by atoms with Crippen molar-refractivity contribution in [2.75, 3.05) is 5.32 Å². The van der Waals surface area contributed by atoms with E-state index in [-0.39, 0.29) is 5.02 Å². The number of benzene rings is 2. The van der Waals surface area contributed by atoms with Crippen molar-refractivity contribution in [3.8, 4) is 11.1 Å². The first-order chi connectivity index (χ1) is 12.6. The second kappa shape index (κ2) is 6.78. The lowest BCUT2D eigenvalue weighted by molar-refractivity contribution is 0.0593. The number of fused-ring (bicyclic) bond motifs is 1. The number of rotatable bonds is 3. The molecule has 3 aromatic rings. The standard InChI is InChI=1S/C21H17ClFNOS/c1-2-21(20-4-3-11-26-20)16-12-14(6-8-19(16)24-9-10-25-21)15-5-7-18(23)17(22)13-15/h3-13,24H,2H2,1H3. The number of anilines is 1. The van der Waals surface area contributed by atoms with Crippen molar-refractivity contribution in [3.05, 3.63) is 87.7 Å². The Bertz CT molecular complexity index is 970. The highest BCUT2D eigenvalue weighted by Crippen LogP contribution is 2.45. The van der Waals surface area contributed by atoms with E-state index >= 15 is 0 Å². The van der Waals surface area contributed by atoms with Crippen LogP contribution in [-0.2, 0) is 10.3 Å². The minimum atomic E-state index is -0.566. The van der Waals surface area contributed by atoms with Crippen molar-refractivity contribution in [1.82, 2.24) is 0 Å². The smallest absolute Gasteiger partial charge is 0.169 e. The minimum Gasteiger partial charge on any atom is -0.483 e. The summed E-state index contributed by atoms with van der Waals surface area (Å²) in [7, 11) is 0. The summed E-state index contributed by atoms with van der Waals surface area (Å²) in [6.07, 6.45) is 4.29. The first-order valence-corrected chi connectivity index (χ1v) is 9.63. The normalized spacial score (nSPS) is 18.6. The molecule has 0 saturated heterocycles. The molecule has 1 N–H and O–H groups in total. The fraction of sp³-hybridized carbons (Fsp3) is 0.143. The predicted molar refractivity (Wildman–Crippen MR) is 106 cm³/mol. The third-order valence-electron chi connectivity index (χ3n) is 4.70. The first kappa shape index (κ1) is 17.1. The lowest BCUT2D eigenvalue weighted by Gasteiger charge is -2.32. The van der Waals surface area contributed by atoms with Crippen LogP contribution in [0.5, 0.6) is 0 Å². The molecule has 0 radical (unpaired) electrons. The van der Waals surface area contributed by atoms with E-state index in [4.69, 9.17) is 16.3 Å². The Balaban J connectivity index is 1.90. The second-order valence-electron chi connectivity index (χ2n) is 6.11. The highest BCUT2D eigenvalue weighted by atomic mass is 35.5. The zero-order valence-electron chi connectivity index (χ0n) is 14.1. The van der Waals surface area contributed by atoms with Crippen LogP contribution in [0, 0.1) is 5.82 Å². The summed E-state index contributed by atoms with van der Waals surface area (Å²) >= 11 is 7.65. The number of hydrogen-bond donors (Lipinski definition) is 1. The van der Waals surface area contributed by atoms with E-state index in [9.17, 15) is 4.39 Å². The van der Waals surface area contributed by atoms with Gasteiger partial charge in [0.05, 0.1) is 9.90 Å². The van der Waals surface area contributed by atoms with Gasteiger partial charge in [-0.1, -0.05) is 36.7 Å². The fourth-order valence-electron chi connectivity index (χ4n) is 3.34. The molecule has 1 aliphatic heterocycles. The molecule has 4 rings (SSSR count). The average Bonchev–Trinajstić information content (AvgIpc) is 3.13. The van der Waals surface area contributed by atoms with Gasteiger partial charge in [0.25, 0.3) is 0 Å². The molecule has 0 aliphatic carbocycles. The van der Waals surface area contributed by atoms with E-state index in [0.717, 1.165) is 33.7 Å². The molecule has 1 atom stereocenters. The first-order valence-electron chi connectivity index (χ1n) is 8.37. The summed E-state index contributed by atoms with van der Waals surface area (Å²) < 4.78 is 19.8. The quantitative estimate of drug-likeness (QED) is 0.536. The molecule has 0 amide bonds. The van der Waals surface area contributed by atoms with Crippen LogP contribution in [0.2, 0.25) is 5.02 Å². The maximum absolute atomic E-state index is 13.5. The molecular formula is C21H17ClFNOS. The topological polar surface area (TPSA) is 21.3 Å². The van der Waals surface area contributed by atoms with Crippen LogP contribution in [0.3, 0.4) is 0 Å². The molecule has 1 unspecified atom stereocenters. The Morgan fingerprint density at radius 2 is 1.96 bits per heavy atom. The summed E-state index contributed by atoms with van der Waals surface area (Å²) in [5.41, 5.74) is 3.31. The lowest BCUT2D eigenvalue weighted by Crippen LogP contribution is -2.27. The molecule has 132 valence electrons. The number of ether oxygens (including phenoxy) is 1. The van der Waals surface area contributed by atoms with E-state index in [1.807, 2.05) is 18.2 Å². The molecule has 5 heteroatoms. The Hall–Kier alpha value is -2.30. The molecule has 1 aromatic heterocycles. The Morgan fingerprint density at radius 1 is 1.15 bits per heavy atom. The molecule has 0 spiro atoms. The van der Waals surface area contributed by atoms with Crippen molar-refractivity contribution in [1.29, 1.82) is 0 Å². The van der Waals surface area contributed by atoms with E-state index in [1.54, 1.807) is 35.9 Å². The minimum absolute atomic E-state index is 0.119. The van der Waals surface area contributed by atoms with Gasteiger partial charge in [-0.3, -0.25) is 0 Å². The molecular weight excluding hydrogens is 369 g/mol. The van der Waals surface area contributed by atoms with Crippen LogP contribution in [0.25, 0.3) is 11.1 Å². The van der Waals surface area contributed by atoms with Crippen LogP contribution in [-0.4, -0.2) is 0 Å². The van der Waals surface area contributed by atoms with Gasteiger partial charge in [0.1, 0.15) is 12.1 Å². The third kappa shape index (κ3) is 2.79. The van der Waals surface area contributed by atoms with Crippen molar-refractivity contribution in [2.24, 2.45) is 0 Å². The molecule has 2 heterocycles. The summed E-state index contributed by atoms with van der Waals surface area (Å²) in [6, 6.07) is 15.0. The maximum Gasteiger partial charge on any atom is 0.169 e. The van der Waals surface area contributed by atoms with E-state index in [2.05, 4.69) is 29.8 Å². The van der Waals surface area contributed by atoms with Gasteiger partial charge in [0.2, 0.25) is 0 Å². The van der Waals surface area contributed by atoms with E-state index in [0.29, 0.717) is 0 Å². The van der Waals surface area contributed by atoms with Crippen LogP contribution in [0.4, 0.5) is 10.1 Å². The van der Waals surface area contributed by atoms with Gasteiger partial charge in [0.15, 0.2) is 5.60 Å². The number of nitrogens with one attached hydrogen (secondary N) is 1. The lowest BCUT2D eigenvalue weighted by atomic mass is 9.86. The van der Waals surface area contributed by atoms with Gasteiger partial charge < -0.3 is 10.1 Å². The predicted octanol–water partition coefficient (Wildman–Crippen LogP) is 6.77. The van der Waals surface area contributed by atoms with Gasteiger partial charge in [-0.2, -0.15) is 0 Å². The Labute approximate surface area is 160 Å². The van der Waals surface area contributed by atoms with E-state index < -0.39 is 11.4 Å². The number of thiophene rings is 1. The monoisotopic (exact) mass is 385 g/mol. The summed E-state index contributed by atoms with van der Waals surface area (Å²) in [4.78, 5) is 1.14. The Morgan fingerprint density at radius 3 is 2.69 bits per heavy atom. The van der Waals surface area contributed by atoms with Gasteiger partial charge in [-0.05, 0) is 53.3 Å². The molecule has 1 aliphatic rings. The summed E-state index contributed by atoms with van der Waals surface area (Å²) in [6.45, 7) is 2.12. The molecule has 0 fully saturated rings. The summed E-state index contributed by atoms with van der Waals surface area (Å²) in [5.74, 6) is -0.416. The van der Waals surface area contributed by atoms with Crippen LogP contribution < -0.4 is 5.32 Å². The van der Waals surface area contributed by atoms with Crippen LogP contribution >= 0.6 is 22.9 Å².